The molecule has 5 aromatic rings. The van der Waals surface area contributed by atoms with E-state index in [2.05, 4.69) is 17.6 Å². The lowest BCUT2D eigenvalue weighted by atomic mass is 9.94. The average Bonchev–Trinajstić information content (AvgIpc) is 3.13. The van der Waals surface area contributed by atoms with Crippen LogP contribution in [-0.2, 0) is 12.8 Å². The van der Waals surface area contributed by atoms with Crippen molar-refractivity contribution in [1.82, 2.24) is 4.98 Å². The van der Waals surface area contributed by atoms with Crippen LogP contribution in [0.1, 0.15) is 38.3 Å². The first kappa shape index (κ1) is 23.3. The van der Waals surface area contributed by atoms with Crippen molar-refractivity contribution in [2.24, 2.45) is 0 Å². The van der Waals surface area contributed by atoms with E-state index in [1.54, 1.807) is 0 Å². The first-order chi connectivity index (χ1) is 18.1. The highest BCUT2D eigenvalue weighted by atomic mass is 32.1. The van der Waals surface area contributed by atoms with Gasteiger partial charge < -0.3 is 9.88 Å². The quantitative estimate of drug-likeness (QED) is 0.198. The predicted octanol–water partition coefficient (Wildman–Crippen LogP) is 7.14. The number of aryl methyl sites for hydroxylation is 1. The van der Waals surface area contributed by atoms with Crippen LogP contribution in [0.15, 0.2) is 102 Å². The van der Waals surface area contributed by atoms with Crippen molar-refractivity contribution in [3.05, 3.63) is 119 Å². The molecule has 0 spiro atoms. The number of hydrogen-bond donors (Lipinski definition) is 2. The minimum Gasteiger partial charge on any atom is -0.350 e. The van der Waals surface area contributed by atoms with Crippen LogP contribution >= 0.6 is 12.6 Å². The lowest BCUT2D eigenvalue weighted by Gasteiger charge is -2.22. The number of rotatable bonds is 5. The van der Waals surface area contributed by atoms with Gasteiger partial charge in [0.05, 0.1) is 10.7 Å². The van der Waals surface area contributed by atoms with Crippen molar-refractivity contribution in [2.45, 2.75) is 24.3 Å². The number of hydrogen-bond acceptors (Lipinski definition) is 3. The van der Waals surface area contributed by atoms with Gasteiger partial charge in [-0.2, -0.15) is 0 Å². The van der Waals surface area contributed by atoms with E-state index in [0.717, 1.165) is 51.1 Å². The Labute approximate surface area is 221 Å². The van der Waals surface area contributed by atoms with Gasteiger partial charge in [0.25, 0.3) is 5.91 Å². The number of H-pyrrole nitrogens is 1. The van der Waals surface area contributed by atoms with Crippen LogP contribution in [0.4, 0.5) is 5.69 Å². The van der Waals surface area contributed by atoms with E-state index in [4.69, 9.17) is 0 Å². The maximum Gasteiger partial charge on any atom is 0.258 e. The molecule has 1 aliphatic rings. The fourth-order valence-electron chi connectivity index (χ4n) is 5.29. The standard InChI is InChI=1S/C32H26N2O2S/c35-29(25-11-5-4-10-24(25)22-8-2-1-3-9-22)20-21-15-17-23(18-16-21)32(36)34-19-7-12-26-30-27(33-31(26)37)13-6-14-28(30)34/h1-6,8-11,13-18,33,37H,7,12,19-20H2. The summed E-state index contributed by atoms with van der Waals surface area (Å²) >= 11 is 4.62. The molecule has 1 aromatic heterocycles. The second-order valence-corrected chi connectivity index (χ2v) is 9.87. The van der Waals surface area contributed by atoms with Crippen molar-refractivity contribution in [3.63, 3.8) is 0 Å². The average molecular weight is 503 g/mol. The van der Waals surface area contributed by atoms with E-state index >= 15 is 0 Å². The zero-order valence-electron chi connectivity index (χ0n) is 20.3. The van der Waals surface area contributed by atoms with Crippen molar-refractivity contribution < 1.29 is 9.59 Å². The topological polar surface area (TPSA) is 53.2 Å². The molecule has 37 heavy (non-hydrogen) atoms. The largest absolute Gasteiger partial charge is 0.350 e. The Kier molecular flexibility index (Phi) is 6.15. The zero-order chi connectivity index (χ0) is 25.4. The first-order valence-electron chi connectivity index (χ1n) is 12.5. The van der Waals surface area contributed by atoms with Crippen molar-refractivity contribution >= 4 is 40.9 Å². The number of ketones is 1. The molecule has 1 N–H and O–H groups in total. The summed E-state index contributed by atoms with van der Waals surface area (Å²) in [5.74, 6) is 0.0230. The third-order valence-corrected chi connectivity index (χ3v) is 7.49. The van der Waals surface area contributed by atoms with Gasteiger partial charge in [0.15, 0.2) is 5.78 Å². The third-order valence-electron chi connectivity index (χ3n) is 7.11. The second-order valence-electron chi connectivity index (χ2n) is 9.42. The van der Waals surface area contributed by atoms with Crippen molar-refractivity contribution in [1.29, 1.82) is 0 Å². The number of nitrogens with one attached hydrogen (secondary N) is 1. The molecule has 1 amide bonds. The lowest BCUT2D eigenvalue weighted by Crippen LogP contribution is -2.31. The van der Waals surface area contributed by atoms with Crippen molar-refractivity contribution in [2.75, 3.05) is 11.4 Å². The highest BCUT2D eigenvalue weighted by Crippen LogP contribution is 2.37. The Morgan fingerprint density at radius 3 is 2.41 bits per heavy atom. The third kappa shape index (κ3) is 4.36. The Morgan fingerprint density at radius 2 is 1.59 bits per heavy atom. The Hall–Kier alpha value is -4.09. The normalized spacial score (nSPS) is 12.9. The molecule has 182 valence electrons. The van der Waals surface area contributed by atoms with E-state index in [9.17, 15) is 9.59 Å². The highest BCUT2D eigenvalue weighted by molar-refractivity contribution is 7.80. The molecule has 2 heterocycles. The number of aromatic nitrogens is 1. The summed E-state index contributed by atoms with van der Waals surface area (Å²) in [5.41, 5.74) is 7.26. The van der Waals surface area contributed by atoms with Crippen molar-refractivity contribution in [3.8, 4) is 11.1 Å². The number of Topliss-reactive ketones (excluding diaryl/α,β-unsaturated/α-hetero) is 1. The Morgan fingerprint density at radius 1 is 0.838 bits per heavy atom. The molecule has 5 heteroatoms. The summed E-state index contributed by atoms with van der Waals surface area (Å²) in [6, 6.07) is 31.1. The highest BCUT2D eigenvalue weighted by Gasteiger charge is 2.25. The van der Waals surface area contributed by atoms with Crippen LogP contribution in [0, 0.1) is 0 Å². The summed E-state index contributed by atoms with van der Waals surface area (Å²) < 4.78 is 0. The smallest absolute Gasteiger partial charge is 0.258 e. The number of benzene rings is 4. The maximum absolute atomic E-state index is 13.6. The van der Waals surface area contributed by atoms with Gasteiger partial charge in [-0.15, -0.1) is 12.6 Å². The molecule has 0 bridgehead atoms. The number of carbonyl (C=O) groups is 2. The Balaban J connectivity index is 1.24. The molecule has 0 radical (unpaired) electrons. The first-order valence-corrected chi connectivity index (χ1v) is 13.0. The van der Waals surface area contributed by atoms with E-state index in [1.807, 2.05) is 102 Å². The molecule has 4 nitrogen and oxygen atoms in total. The molecular weight excluding hydrogens is 476 g/mol. The summed E-state index contributed by atoms with van der Waals surface area (Å²) in [6.45, 7) is 0.649. The number of anilines is 1. The number of carbonyl (C=O) groups excluding carboxylic acids is 2. The fourth-order valence-corrected chi connectivity index (χ4v) is 5.64. The molecule has 0 saturated carbocycles. The minimum atomic E-state index is -0.0328. The van der Waals surface area contributed by atoms with Crippen LogP contribution in [-0.4, -0.2) is 23.2 Å². The van der Waals surface area contributed by atoms with Crippen LogP contribution in [0.5, 0.6) is 0 Å². The van der Waals surface area contributed by atoms with Gasteiger partial charge in [0, 0.05) is 35.0 Å². The van der Waals surface area contributed by atoms with Crippen LogP contribution in [0.25, 0.3) is 22.0 Å². The van der Waals surface area contributed by atoms with Gasteiger partial charge >= 0.3 is 0 Å². The fraction of sp³-hybridized carbons (Fsp3) is 0.125. The van der Waals surface area contributed by atoms with Crippen LogP contribution in [0.3, 0.4) is 0 Å². The van der Waals surface area contributed by atoms with E-state index < -0.39 is 0 Å². The van der Waals surface area contributed by atoms with E-state index in [1.165, 1.54) is 5.56 Å². The summed E-state index contributed by atoms with van der Waals surface area (Å²) in [7, 11) is 0. The molecule has 0 unspecified atom stereocenters. The number of amides is 1. The summed E-state index contributed by atoms with van der Waals surface area (Å²) in [4.78, 5) is 32.1. The molecule has 0 saturated heterocycles. The van der Waals surface area contributed by atoms with Gasteiger partial charge in [-0.1, -0.05) is 72.8 Å². The SMILES string of the molecule is O=C(Cc1ccc(C(=O)N2CCCc3c(S)[nH]c4cccc2c34)cc1)c1ccccc1-c1ccccc1. The van der Waals surface area contributed by atoms with Gasteiger partial charge in [0.1, 0.15) is 0 Å². The molecule has 0 atom stereocenters. The van der Waals surface area contributed by atoms with Crippen LogP contribution < -0.4 is 4.90 Å². The molecule has 1 aliphatic heterocycles. The molecular formula is C32H26N2O2S. The monoisotopic (exact) mass is 502 g/mol. The molecule has 0 aliphatic carbocycles. The van der Waals surface area contributed by atoms with Gasteiger partial charge in [-0.25, -0.2) is 0 Å². The Bertz CT molecular complexity index is 1620. The number of thiol groups is 1. The molecule has 4 aromatic carbocycles. The van der Waals surface area contributed by atoms with E-state index in [-0.39, 0.29) is 18.1 Å². The summed E-state index contributed by atoms with van der Waals surface area (Å²) in [6.07, 6.45) is 2.03. The minimum absolute atomic E-state index is 0.0328. The number of nitrogens with zero attached hydrogens (tertiary/aromatic N) is 1. The van der Waals surface area contributed by atoms with Gasteiger partial charge in [0.2, 0.25) is 0 Å². The summed E-state index contributed by atoms with van der Waals surface area (Å²) in [5, 5.41) is 1.96. The lowest BCUT2D eigenvalue weighted by molar-refractivity contribution is 0.0983. The second kappa shape index (κ2) is 9.75. The maximum atomic E-state index is 13.6. The number of aromatic amines is 1. The van der Waals surface area contributed by atoms with Crippen LogP contribution in [0.2, 0.25) is 0 Å². The predicted molar refractivity (Wildman–Crippen MR) is 152 cm³/mol. The van der Waals surface area contributed by atoms with Gasteiger partial charge in [-0.3, -0.25) is 9.59 Å². The van der Waals surface area contributed by atoms with E-state index in [0.29, 0.717) is 17.7 Å². The molecule has 0 fully saturated rings. The van der Waals surface area contributed by atoms with Gasteiger partial charge in [-0.05, 0) is 59.4 Å². The zero-order valence-corrected chi connectivity index (χ0v) is 21.2. The molecule has 6 rings (SSSR count).